The van der Waals surface area contributed by atoms with E-state index in [-0.39, 0.29) is 18.7 Å². The maximum Gasteiger partial charge on any atom is 0.325 e. The summed E-state index contributed by atoms with van der Waals surface area (Å²) >= 11 is 5.91. The van der Waals surface area contributed by atoms with Crippen LogP contribution in [0.5, 0.6) is 5.75 Å². The van der Waals surface area contributed by atoms with Crippen molar-refractivity contribution in [2.75, 3.05) is 13.1 Å². The maximum atomic E-state index is 12.3. The number of ether oxygens (including phenoxy) is 1. The van der Waals surface area contributed by atoms with Gasteiger partial charge in [-0.05, 0) is 31.5 Å². The lowest BCUT2D eigenvalue weighted by atomic mass is 10.1. The van der Waals surface area contributed by atoms with Gasteiger partial charge in [-0.2, -0.15) is 0 Å². The van der Waals surface area contributed by atoms with Crippen molar-refractivity contribution in [3.05, 3.63) is 61.4 Å². The molecule has 0 fully saturated rings. The van der Waals surface area contributed by atoms with Crippen LogP contribution in [0.4, 0.5) is 4.79 Å². The number of urea groups is 1. The summed E-state index contributed by atoms with van der Waals surface area (Å²) in [5.41, 5.74) is 0.0292. The van der Waals surface area contributed by atoms with E-state index in [4.69, 9.17) is 16.3 Å². The highest BCUT2D eigenvalue weighted by molar-refractivity contribution is 6.30. The number of fused-ring (bicyclic) bond motifs is 1. The molecule has 1 aliphatic heterocycles. The Kier molecular flexibility index (Phi) is 5.32. The van der Waals surface area contributed by atoms with Crippen LogP contribution in [0.3, 0.4) is 0 Å². The number of halogens is 1. The van der Waals surface area contributed by atoms with Crippen molar-refractivity contribution in [3.63, 3.8) is 0 Å². The number of aromatic amines is 2. The number of rotatable bonds is 4. The fraction of sp³-hybridized carbons (Fsp3) is 0.353. The molecule has 1 aromatic carbocycles. The molecule has 138 valence electrons. The molecule has 1 atom stereocenters. The maximum absolute atomic E-state index is 12.3. The molecule has 0 radical (unpaired) electrons. The highest BCUT2D eigenvalue weighted by Crippen LogP contribution is 2.18. The molecule has 2 amide bonds. The molecule has 0 saturated heterocycles. The fourth-order valence-electron chi connectivity index (χ4n) is 2.81. The van der Waals surface area contributed by atoms with Crippen molar-refractivity contribution < 1.29 is 9.53 Å². The molecule has 2 aromatic rings. The quantitative estimate of drug-likeness (QED) is 0.744. The van der Waals surface area contributed by atoms with Gasteiger partial charge in [0.2, 0.25) is 0 Å². The highest BCUT2D eigenvalue weighted by Gasteiger charge is 2.23. The lowest BCUT2D eigenvalue weighted by molar-refractivity contribution is 0.177. The number of hydrogen-bond acceptors (Lipinski definition) is 4. The van der Waals surface area contributed by atoms with E-state index in [0.717, 1.165) is 0 Å². The number of nitrogens with one attached hydrogen (secondary N) is 3. The van der Waals surface area contributed by atoms with E-state index in [0.29, 0.717) is 41.5 Å². The van der Waals surface area contributed by atoms with E-state index in [9.17, 15) is 14.4 Å². The lowest BCUT2D eigenvalue weighted by Gasteiger charge is -2.28. The first kappa shape index (κ1) is 18.1. The molecule has 9 heteroatoms. The monoisotopic (exact) mass is 378 g/mol. The number of amides is 2. The van der Waals surface area contributed by atoms with E-state index in [2.05, 4.69) is 15.3 Å². The van der Waals surface area contributed by atoms with Crippen LogP contribution in [-0.2, 0) is 13.0 Å². The summed E-state index contributed by atoms with van der Waals surface area (Å²) in [6.45, 7) is 2.73. The Morgan fingerprint density at radius 3 is 2.96 bits per heavy atom. The Labute approximate surface area is 154 Å². The number of H-pyrrole nitrogens is 2. The molecule has 8 nitrogen and oxygen atoms in total. The Bertz CT molecular complexity index is 923. The van der Waals surface area contributed by atoms with Gasteiger partial charge in [-0.3, -0.25) is 9.78 Å². The summed E-state index contributed by atoms with van der Waals surface area (Å²) in [4.78, 5) is 41.8. The second-order valence-electron chi connectivity index (χ2n) is 6.11. The van der Waals surface area contributed by atoms with Crippen LogP contribution in [0.25, 0.3) is 0 Å². The molecule has 3 N–H and O–H groups in total. The topological polar surface area (TPSA) is 107 Å². The summed E-state index contributed by atoms with van der Waals surface area (Å²) < 4.78 is 5.71. The van der Waals surface area contributed by atoms with Crippen molar-refractivity contribution in [2.24, 2.45) is 0 Å². The summed E-state index contributed by atoms with van der Waals surface area (Å²) in [6.07, 6.45) is 0.140. The number of nitrogens with zero attached hydrogens (tertiary/aromatic N) is 1. The van der Waals surface area contributed by atoms with E-state index in [1.165, 1.54) is 0 Å². The molecular formula is C17H19ClN4O4. The van der Waals surface area contributed by atoms with Crippen LogP contribution in [-0.4, -0.2) is 40.1 Å². The predicted octanol–water partition coefficient (Wildman–Crippen LogP) is 1.25. The van der Waals surface area contributed by atoms with Crippen molar-refractivity contribution in [1.82, 2.24) is 20.2 Å². The van der Waals surface area contributed by atoms with Gasteiger partial charge in [0, 0.05) is 22.8 Å². The largest absolute Gasteiger partial charge is 0.489 e. The van der Waals surface area contributed by atoms with Gasteiger partial charge in [0.15, 0.2) is 0 Å². The minimum atomic E-state index is -0.570. The predicted molar refractivity (Wildman–Crippen MR) is 96.7 cm³/mol. The molecule has 0 aliphatic carbocycles. The van der Waals surface area contributed by atoms with Crippen molar-refractivity contribution in [1.29, 1.82) is 0 Å². The van der Waals surface area contributed by atoms with Gasteiger partial charge in [0.25, 0.3) is 5.56 Å². The Balaban J connectivity index is 1.55. The van der Waals surface area contributed by atoms with Gasteiger partial charge >= 0.3 is 11.7 Å². The molecule has 0 saturated carbocycles. The zero-order chi connectivity index (χ0) is 18.7. The molecule has 0 bridgehead atoms. The van der Waals surface area contributed by atoms with Crippen LogP contribution in [0.2, 0.25) is 5.02 Å². The molecular weight excluding hydrogens is 360 g/mol. The minimum absolute atomic E-state index is 0.184. The normalized spacial score (nSPS) is 14.5. The van der Waals surface area contributed by atoms with Crippen LogP contribution >= 0.6 is 11.6 Å². The minimum Gasteiger partial charge on any atom is -0.489 e. The fourth-order valence-corrected chi connectivity index (χ4v) is 2.99. The average molecular weight is 379 g/mol. The van der Waals surface area contributed by atoms with Gasteiger partial charge < -0.3 is 19.9 Å². The van der Waals surface area contributed by atoms with Crippen LogP contribution in [0, 0.1) is 0 Å². The van der Waals surface area contributed by atoms with Crippen molar-refractivity contribution in [3.8, 4) is 5.75 Å². The second kappa shape index (κ2) is 7.65. The Morgan fingerprint density at radius 2 is 2.19 bits per heavy atom. The highest BCUT2D eigenvalue weighted by atomic mass is 35.5. The zero-order valence-electron chi connectivity index (χ0n) is 14.2. The van der Waals surface area contributed by atoms with Gasteiger partial charge in [-0.1, -0.05) is 17.7 Å². The Morgan fingerprint density at radius 1 is 1.38 bits per heavy atom. The first-order valence-corrected chi connectivity index (χ1v) is 8.59. The molecule has 2 heterocycles. The smallest absolute Gasteiger partial charge is 0.325 e. The Hall–Kier alpha value is -2.74. The third-order valence-corrected chi connectivity index (χ3v) is 4.31. The first-order chi connectivity index (χ1) is 12.4. The number of hydrogen-bond donors (Lipinski definition) is 3. The molecule has 26 heavy (non-hydrogen) atoms. The van der Waals surface area contributed by atoms with Crippen LogP contribution in [0.15, 0.2) is 33.9 Å². The van der Waals surface area contributed by atoms with Gasteiger partial charge in [0.05, 0.1) is 13.1 Å². The van der Waals surface area contributed by atoms with E-state index < -0.39 is 11.2 Å². The van der Waals surface area contributed by atoms with Crippen molar-refractivity contribution >= 4 is 17.6 Å². The molecule has 3 rings (SSSR count). The molecule has 1 aromatic heterocycles. The lowest BCUT2D eigenvalue weighted by Crippen LogP contribution is -2.47. The first-order valence-electron chi connectivity index (χ1n) is 8.21. The van der Waals surface area contributed by atoms with Crippen molar-refractivity contribution in [2.45, 2.75) is 26.0 Å². The van der Waals surface area contributed by atoms with E-state index >= 15 is 0 Å². The number of aromatic nitrogens is 2. The summed E-state index contributed by atoms with van der Waals surface area (Å²) in [5, 5.41) is 3.38. The molecule has 1 aliphatic rings. The third kappa shape index (κ3) is 4.26. The number of carbonyl (C=O) groups is 1. The van der Waals surface area contributed by atoms with E-state index in [1.807, 2.05) is 6.92 Å². The van der Waals surface area contributed by atoms with Crippen LogP contribution < -0.4 is 21.3 Å². The average Bonchev–Trinajstić information content (AvgIpc) is 2.59. The summed E-state index contributed by atoms with van der Waals surface area (Å²) in [5.74, 6) is 0.628. The van der Waals surface area contributed by atoms with Gasteiger partial charge in [-0.25, -0.2) is 9.59 Å². The zero-order valence-corrected chi connectivity index (χ0v) is 14.9. The second-order valence-corrected chi connectivity index (χ2v) is 6.55. The van der Waals surface area contributed by atoms with Gasteiger partial charge in [-0.15, -0.1) is 0 Å². The SMILES string of the molecule is CC(CNC(=O)N1CCc2c([nH]c(=O)[nH]c2=O)C1)Oc1cccc(Cl)c1. The third-order valence-electron chi connectivity index (χ3n) is 4.07. The van der Waals surface area contributed by atoms with E-state index in [1.54, 1.807) is 29.2 Å². The molecule has 0 spiro atoms. The van der Waals surface area contributed by atoms with Crippen LogP contribution in [0.1, 0.15) is 18.2 Å². The molecule has 1 unspecified atom stereocenters. The number of carbonyl (C=O) groups excluding carboxylic acids is 1. The number of benzene rings is 1. The summed E-state index contributed by atoms with van der Waals surface area (Å²) in [6, 6.07) is 6.76. The standard InChI is InChI=1S/C17H19ClN4O4/c1-10(26-12-4-2-3-11(18)7-12)8-19-17(25)22-6-5-13-14(9-22)20-16(24)21-15(13)23/h2-4,7,10H,5-6,8-9H2,1H3,(H,19,25)(H2,20,21,23,24). The summed E-state index contributed by atoms with van der Waals surface area (Å²) in [7, 11) is 0. The van der Waals surface area contributed by atoms with Gasteiger partial charge in [0.1, 0.15) is 11.9 Å².